The molecule has 0 atom stereocenters. The molecule has 1 aromatic carbocycles. The quantitative estimate of drug-likeness (QED) is 0.758. The topological polar surface area (TPSA) is 66.7 Å². The van der Waals surface area contributed by atoms with Crippen LogP contribution < -0.4 is 0 Å². The molecule has 0 spiro atoms. The summed E-state index contributed by atoms with van der Waals surface area (Å²) in [4.78, 5) is 21.3. The molecule has 0 saturated heterocycles. The van der Waals surface area contributed by atoms with Crippen molar-refractivity contribution in [3.8, 4) is 0 Å². The summed E-state index contributed by atoms with van der Waals surface area (Å²) in [5.74, 6) is -1.04. The minimum absolute atomic E-state index is 0.139. The number of benzene rings is 1. The van der Waals surface area contributed by atoms with E-state index in [9.17, 15) is 9.70 Å². The number of carboxylic acid groups (broad SMARTS) is 1. The SMILES string of the molecule is CC(C)(C)c1ccc(N=O)cc1C(=O)O. The number of carbonyl (C=O) groups is 1. The Bertz CT molecular complexity index is 405. The highest BCUT2D eigenvalue weighted by atomic mass is 16.4. The van der Waals surface area contributed by atoms with Crippen molar-refractivity contribution >= 4 is 11.7 Å². The molecule has 0 unspecified atom stereocenters. The first-order valence-electron chi connectivity index (χ1n) is 4.57. The molecule has 0 saturated carbocycles. The lowest BCUT2D eigenvalue weighted by molar-refractivity contribution is 0.0694. The summed E-state index contributed by atoms with van der Waals surface area (Å²) in [6, 6.07) is 4.47. The zero-order valence-corrected chi connectivity index (χ0v) is 8.94. The summed E-state index contributed by atoms with van der Waals surface area (Å²) in [7, 11) is 0. The zero-order chi connectivity index (χ0) is 11.6. The standard InChI is InChI=1S/C11H13NO3/c1-11(2,3)9-5-4-7(12-15)6-8(9)10(13)14/h4-6H,1-3H3,(H,13,14). The van der Waals surface area contributed by atoms with E-state index in [1.807, 2.05) is 20.8 Å². The van der Waals surface area contributed by atoms with E-state index in [1.54, 1.807) is 6.07 Å². The molecule has 0 aliphatic carbocycles. The van der Waals surface area contributed by atoms with Gasteiger partial charge in [-0.25, -0.2) is 4.79 Å². The van der Waals surface area contributed by atoms with Crippen LogP contribution in [0.15, 0.2) is 23.4 Å². The van der Waals surface area contributed by atoms with Crippen LogP contribution in [0.3, 0.4) is 0 Å². The number of hydrogen-bond acceptors (Lipinski definition) is 3. The maximum Gasteiger partial charge on any atom is 0.336 e. The van der Waals surface area contributed by atoms with Crippen LogP contribution in [0.1, 0.15) is 36.7 Å². The highest BCUT2D eigenvalue weighted by molar-refractivity contribution is 5.91. The van der Waals surface area contributed by atoms with Crippen molar-refractivity contribution in [1.82, 2.24) is 0 Å². The maximum atomic E-state index is 11.0. The van der Waals surface area contributed by atoms with E-state index in [0.717, 1.165) is 0 Å². The monoisotopic (exact) mass is 207 g/mol. The van der Waals surface area contributed by atoms with Crippen LogP contribution in [0, 0.1) is 4.91 Å². The van der Waals surface area contributed by atoms with E-state index in [-0.39, 0.29) is 16.7 Å². The number of rotatable bonds is 2. The first-order chi connectivity index (χ1) is 6.86. The normalized spacial score (nSPS) is 11.1. The van der Waals surface area contributed by atoms with Crippen molar-refractivity contribution < 1.29 is 9.90 Å². The van der Waals surface area contributed by atoms with Gasteiger partial charge in [0.1, 0.15) is 5.69 Å². The Morgan fingerprint density at radius 3 is 2.33 bits per heavy atom. The molecule has 0 aromatic heterocycles. The Morgan fingerprint density at radius 1 is 1.33 bits per heavy atom. The van der Waals surface area contributed by atoms with Crippen molar-refractivity contribution in [1.29, 1.82) is 0 Å². The second-order valence-electron chi connectivity index (χ2n) is 4.38. The number of hydrogen-bond donors (Lipinski definition) is 1. The van der Waals surface area contributed by atoms with Gasteiger partial charge in [-0.05, 0) is 28.3 Å². The largest absolute Gasteiger partial charge is 0.478 e. The van der Waals surface area contributed by atoms with E-state index in [1.165, 1.54) is 12.1 Å². The molecular weight excluding hydrogens is 194 g/mol. The van der Waals surface area contributed by atoms with Gasteiger partial charge in [0.05, 0.1) is 5.56 Å². The number of nitrogens with zero attached hydrogens (tertiary/aromatic N) is 1. The Kier molecular flexibility index (Phi) is 2.88. The highest BCUT2D eigenvalue weighted by Gasteiger charge is 2.21. The van der Waals surface area contributed by atoms with E-state index in [2.05, 4.69) is 5.18 Å². The second kappa shape index (κ2) is 3.81. The Morgan fingerprint density at radius 2 is 1.93 bits per heavy atom. The third kappa shape index (κ3) is 2.40. The van der Waals surface area contributed by atoms with E-state index < -0.39 is 5.97 Å². The van der Waals surface area contributed by atoms with Gasteiger partial charge in [0.2, 0.25) is 0 Å². The first-order valence-corrected chi connectivity index (χ1v) is 4.57. The number of nitroso groups, excluding NO2 is 1. The lowest BCUT2D eigenvalue weighted by atomic mass is 9.83. The van der Waals surface area contributed by atoms with Crippen molar-refractivity contribution in [3.05, 3.63) is 34.2 Å². The third-order valence-corrected chi connectivity index (χ3v) is 2.15. The average molecular weight is 207 g/mol. The van der Waals surface area contributed by atoms with Crippen molar-refractivity contribution in [3.63, 3.8) is 0 Å². The Labute approximate surface area is 87.9 Å². The van der Waals surface area contributed by atoms with Gasteiger partial charge < -0.3 is 5.11 Å². The molecule has 0 amide bonds. The average Bonchev–Trinajstić information content (AvgIpc) is 2.15. The molecule has 0 aliphatic rings. The lowest BCUT2D eigenvalue weighted by Crippen LogP contribution is -2.16. The van der Waals surface area contributed by atoms with Crippen LogP contribution >= 0.6 is 0 Å². The second-order valence-corrected chi connectivity index (χ2v) is 4.38. The molecule has 1 rings (SSSR count). The molecule has 0 radical (unpaired) electrons. The van der Waals surface area contributed by atoms with E-state index in [0.29, 0.717) is 5.56 Å². The highest BCUT2D eigenvalue weighted by Crippen LogP contribution is 2.28. The molecule has 0 bridgehead atoms. The molecule has 1 aromatic rings. The molecule has 15 heavy (non-hydrogen) atoms. The fraction of sp³-hybridized carbons (Fsp3) is 0.364. The van der Waals surface area contributed by atoms with Crippen LogP contribution in [0.25, 0.3) is 0 Å². The molecule has 4 heteroatoms. The minimum Gasteiger partial charge on any atom is -0.478 e. The van der Waals surface area contributed by atoms with Crippen molar-refractivity contribution in [2.24, 2.45) is 5.18 Å². The third-order valence-electron chi connectivity index (χ3n) is 2.15. The van der Waals surface area contributed by atoms with Crippen LogP contribution in [0.5, 0.6) is 0 Å². The fourth-order valence-corrected chi connectivity index (χ4v) is 1.42. The Hall–Kier alpha value is -1.71. The fourth-order valence-electron chi connectivity index (χ4n) is 1.42. The van der Waals surface area contributed by atoms with Gasteiger partial charge in [-0.15, -0.1) is 4.91 Å². The molecule has 0 heterocycles. The summed E-state index contributed by atoms with van der Waals surface area (Å²) < 4.78 is 0. The maximum absolute atomic E-state index is 11.0. The molecule has 80 valence electrons. The first kappa shape index (κ1) is 11.4. The summed E-state index contributed by atoms with van der Waals surface area (Å²) in [6.07, 6.45) is 0. The van der Waals surface area contributed by atoms with Gasteiger partial charge in [-0.2, -0.15) is 0 Å². The summed E-state index contributed by atoms with van der Waals surface area (Å²) in [5.41, 5.74) is 0.706. The van der Waals surface area contributed by atoms with Crippen LogP contribution in [-0.2, 0) is 5.41 Å². The Balaban J connectivity index is 3.40. The zero-order valence-electron chi connectivity index (χ0n) is 8.94. The molecule has 0 fully saturated rings. The number of aromatic carboxylic acids is 1. The lowest BCUT2D eigenvalue weighted by Gasteiger charge is -2.21. The van der Waals surface area contributed by atoms with Crippen LogP contribution in [0.2, 0.25) is 0 Å². The summed E-state index contributed by atoms with van der Waals surface area (Å²) >= 11 is 0. The summed E-state index contributed by atoms with van der Waals surface area (Å²) in [6.45, 7) is 5.76. The van der Waals surface area contributed by atoms with Crippen molar-refractivity contribution in [2.45, 2.75) is 26.2 Å². The molecule has 1 N–H and O–H groups in total. The van der Waals surface area contributed by atoms with Crippen LogP contribution in [-0.4, -0.2) is 11.1 Å². The van der Waals surface area contributed by atoms with Gasteiger partial charge in [0, 0.05) is 0 Å². The minimum atomic E-state index is -1.04. The number of carboxylic acids is 1. The van der Waals surface area contributed by atoms with Gasteiger partial charge in [0.15, 0.2) is 0 Å². The molecule has 0 aliphatic heterocycles. The van der Waals surface area contributed by atoms with E-state index in [4.69, 9.17) is 5.11 Å². The van der Waals surface area contributed by atoms with Gasteiger partial charge >= 0.3 is 5.97 Å². The molecule has 4 nitrogen and oxygen atoms in total. The van der Waals surface area contributed by atoms with Gasteiger partial charge in [-0.3, -0.25) is 0 Å². The van der Waals surface area contributed by atoms with E-state index >= 15 is 0 Å². The molecular formula is C11H13NO3. The predicted octanol–water partition coefficient (Wildman–Crippen LogP) is 3.08. The summed E-state index contributed by atoms with van der Waals surface area (Å²) in [5, 5.41) is 11.7. The van der Waals surface area contributed by atoms with Crippen molar-refractivity contribution in [2.75, 3.05) is 0 Å². The van der Waals surface area contributed by atoms with Gasteiger partial charge in [0.25, 0.3) is 0 Å². The predicted molar refractivity (Wildman–Crippen MR) is 57.6 cm³/mol. The smallest absolute Gasteiger partial charge is 0.336 e. The van der Waals surface area contributed by atoms with Gasteiger partial charge in [-0.1, -0.05) is 26.8 Å². The van der Waals surface area contributed by atoms with Crippen LogP contribution in [0.4, 0.5) is 5.69 Å².